The Morgan fingerprint density at radius 1 is 1.24 bits per heavy atom. The number of aromatic nitrogens is 1. The molecule has 1 amide bonds. The molecule has 3 atom stereocenters. The summed E-state index contributed by atoms with van der Waals surface area (Å²) in [5.74, 6) is 0.863. The van der Waals surface area contributed by atoms with Gasteiger partial charge in [-0.25, -0.2) is 13.4 Å². The van der Waals surface area contributed by atoms with Crippen LogP contribution >= 0.6 is 11.3 Å². The topological polar surface area (TPSA) is 79.8 Å². The molecule has 1 aromatic heterocycles. The predicted octanol–water partition coefficient (Wildman–Crippen LogP) is 2.35. The molecular weight excluding hydrogens is 410 g/mol. The Bertz CT molecular complexity index is 1000. The average Bonchev–Trinajstić information content (AvgIpc) is 3.30. The van der Waals surface area contributed by atoms with Crippen molar-refractivity contribution in [2.24, 2.45) is 5.92 Å². The van der Waals surface area contributed by atoms with Crippen LogP contribution < -0.4 is 4.74 Å². The maximum atomic E-state index is 13.0. The number of carbonyl (C=O) groups excluding carboxylic acids is 1. The van der Waals surface area contributed by atoms with Crippen LogP contribution in [0.5, 0.6) is 5.75 Å². The summed E-state index contributed by atoms with van der Waals surface area (Å²) in [6.45, 7) is 3.39. The number of sulfonamides is 1. The van der Waals surface area contributed by atoms with E-state index in [2.05, 4.69) is 4.98 Å². The zero-order valence-electron chi connectivity index (χ0n) is 16.7. The van der Waals surface area contributed by atoms with Gasteiger partial charge in [0.2, 0.25) is 10.0 Å². The van der Waals surface area contributed by atoms with Crippen molar-refractivity contribution in [2.75, 3.05) is 33.0 Å². The lowest BCUT2D eigenvalue weighted by molar-refractivity contribution is 0.0635. The summed E-state index contributed by atoms with van der Waals surface area (Å²) >= 11 is 1.36. The van der Waals surface area contributed by atoms with Crippen LogP contribution in [-0.4, -0.2) is 67.6 Å². The number of ether oxygens (including phenoxy) is 1. The Labute approximate surface area is 175 Å². The fourth-order valence-electron chi connectivity index (χ4n) is 4.61. The van der Waals surface area contributed by atoms with Crippen molar-refractivity contribution in [1.82, 2.24) is 14.2 Å². The molecule has 2 fully saturated rings. The molecule has 4 rings (SSSR count). The third-order valence-corrected chi connectivity index (χ3v) is 8.27. The van der Waals surface area contributed by atoms with Crippen LogP contribution in [0, 0.1) is 12.8 Å². The third kappa shape index (κ3) is 3.78. The number of carbonyl (C=O) groups is 1. The zero-order chi connectivity index (χ0) is 20.8. The quantitative estimate of drug-likeness (QED) is 0.737. The molecule has 0 bridgehead atoms. The van der Waals surface area contributed by atoms with Gasteiger partial charge in [-0.1, -0.05) is 12.1 Å². The van der Waals surface area contributed by atoms with Gasteiger partial charge in [0.05, 0.1) is 24.6 Å². The van der Waals surface area contributed by atoms with E-state index < -0.39 is 10.0 Å². The van der Waals surface area contributed by atoms with Gasteiger partial charge in [-0.3, -0.25) is 4.79 Å². The summed E-state index contributed by atoms with van der Waals surface area (Å²) in [7, 11) is -1.69. The van der Waals surface area contributed by atoms with Crippen molar-refractivity contribution in [3.63, 3.8) is 0 Å². The number of amides is 1. The zero-order valence-corrected chi connectivity index (χ0v) is 18.4. The minimum Gasteiger partial charge on any atom is -0.497 e. The van der Waals surface area contributed by atoms with Crippen molar-refractivity contribution in [3.05, 3.63) is 45.9 Å². The van der Waals surface area contributed by atoms with Gasteiger partial charge >= 0.3 is 0 Å². The predicted molar refractivity (Wildman–Crippen MR) is 112 cm³/mol. The summed E-state index contributed by atoms with van der Waals surface area (Å²) in [4.78, 5) is 19.8. The van der Waals surface area contributed by atoms with Crippen molar-refractivity contribution < 1.29 is 17.9 Å². The number of rotatable bonds is 4. The van der Waals surface area contributed by atoms with Gasteiger partial charge in [-0.05, 0) is 31.0 Å². The molecule has 0 saturated carbocycles. The largest absolute Gasteiger partial charge is 0.497 e. The SMILES string of the molecule is COc1ccc([C@@H]2CN(S(C)(=O)=O)[C@H]3CCN(C(=O)c4scnc4C)C[C@@H]23)cc1. The van der Waals surface area contributed by atoms with Gasteiger partial charge in [0.1, 0.15) is 10.6 Å². The van der Waals surface area contributed by atoms with Crippen LogP contribution in [0.3, 0.4) is 0 Å². The summed E-state index contributed by atoms with van der Waals surface area (Å²) in [5, 5.41) is 0. The van der Waals surface area contributed by atoms with Crippen LogP contribution in [0.2, 0.25) is 0 Å². The molecule has 0 aliphatic carbocycles. The first-order chi connectivity index (χ1) is 13.8. The molecule has 0 N–H and O–H groups in total. The monoisotopic (exact) mass is 435 g/mol. The highest BCUT2D eigenvalue weighted by Crippen LogP contribution is 2.43. The first-order valence-electron chi connectivity index (χ1n) is 9.59. The summed E-state index contributed by atoms with van der Waals surface area (Å²) < 4.78 is 31.7. The average molecular weight is 436 g/mol. The number of piperidine rings is 1. The van der Waals surface area contributed by atoms with Crippen LogP contribution in [0.25, 0.3) is 0 Å². The molecule has 2 aromatic rings. The van der Waals surface area contributed by atoms with E-state index in [-0.39, 0.29) is 23.8 Å². The molecule has 1 aromatic carbocycles. The van der Waals surface area contributed by atoms with Gasteiger partial charge in [0.25, 0.3) is 5.91 Å². The molecule has 7 nitrogen and oxygen atoms in total. The number of methoxy groups -OCH3 is 1. The van der Waals surface area contributed by atoms with E-state index in [1.54, 1.807) is 16.9 Å². The molecule has 9 heteroatoms. The molecule has 2 saturated heterocycles. The lowest BCUT2D eigenvalue weighted by Crippen LogP contribution is -2.49. The Kier molecular flexibility index (Phi) is 5.39. The summed E-state index contributed by atoms with van der Waals surface area (Å²) in [6, 6.07) is 7.73. The normalized spacial score (nSPS) is 25.1. The van der Waals surface area contributed by atoms with Crippen molar-refractivity contribution in [2.45, 2.75) is 25.3 Å². The molecule has 156 valence electrons. The number of aryl methyl sites for hydroxylation is 1. The van der Waals surface area contributed by atoms with Crippen LogP contribution in [0.1, 0.15) is 33.3 Å². The Hall–Kier alpha value is -1.97. The molecular formula is C20H25N3O4S2. The highest BCUT2D eigenvalue weighted by molar-refractivity contribution is 7.88. The molecule has 2 aliphatic heterocycles. The van der Waals surface area contributed by atoms with Gasteiger partial charge in [-0.15, -0.1) is 11.3 Å². The lowest BCUT2D eigenvalue weighted by Gasteiger charge is -2.38. The van der Waals surface area contributed by atoms with Gasteiger partial charge in [0.15, 0.2) is 0 Å². The Balaban J connectivity index is 1.63. The van der Waals surface area contributed by atoms with Gasteiger partial charge in [0, 0.05) is 37.5 Å². The fourth-order valence-corrected chi connectivity index (χ4v) is 6.56. The second-order valence-corrected chi connectivity index (χ2v) is 10.5. The maximum absolute atomic E-state index is 13.0. The number of hydrogen-bond acceptors (Lipinski definition) is 6. The molecule has 0 unspecified atom stereocenters. The van der Waals surface area contributed by atoms with E-state index >= 15 is 0 Å². The molecule has 3 heterocycles. The number of likely N-dealkylation sites (tertiary alicyclic amines) is 1. The standard InChI is InChI=1S/C20H25N3O4S2/c1-13-19(28-12-21-13)20(24)22-9-8-18-17(10-22)16(11-23(18)29(3,25)26)14-4-6-15(27-2)7-5-14/h4-7,12,16-18H,8-11H2,1-3H3/t16-,17-,18-/m0/s1. The molecule has 2 aliphatic rings. The van der Waals surface area contributed by atoms with Crippen molar-refractivity contribution in [1.29, 1.82) is 0 Å². The van der Waals surface area contributed by atoms with E-state index in [0.29, 0.717) is 30.9 Å². The van der Waals surface area contributed by atoms with E-state index in [4.69, 9.17) is 4.74 Å². The van der Waals surface area contributed by atoms with Crippen molar-refractivity contribution in [3.8, 4) is 5.75 Å². The Morgan fingerprint density at radius 2 is 1.97 bits per heavy atom. The highest BCUT2D eigenvalue weighted by atomic mass is 32.2. The minimum atomic E-state index is -3.32. The van der Waals surface area contributed by atoms with Gasteiger partial charge in [-0.2, -0.15) is 4.31 Å². The van der Waals surface area contributed by atoms with E-state index in [9.17, 15) is 13.2 Å². The number of nitrogens with zero attached hydrogens (tertiary/aromatic N) is 3. The number of benzene rings is 1. The van der Waals surface area contributed by atoms with Crippen molar-refractivity contribution >= 4 is 27.3 Å². The number of fused-ring (bicyclic) bond motifs is 1. The van der Waals surface area contributed by atoms with Crippen LogP contribution in [0.15, 0.2) is 29.8 Å². The summed E-state index contributed by atoms with van der Waals surface area (Å²) in [5.41, 5.74) is 3.52. The molecule has 0 radical (unpaired) electrons. The highest BCUT2D eigenvalue weighted by Gasteiger charge is 2.49. The van der Waals surface area contributed by atoms with Crippen LogP contribution in [0.4, 0.5) is 0 Å². The summed E-state index contributed by atoms with van der Waals surface area (Å²) in [6.07, 6.45) is 1.92. The molecule has 0 spiro atoms. The van der Waals surface area contributed by atoms with Crippen LogP contribution in [-0.2, 0) is 10.0 Å². The first-order valence-corrected chi connectivity index (χ1v) is 12.3. The smallest absolute Gasteiger partial charge is 0.265 e. The minimum absolute atomic E-state index is 0.00487. The molecule has 29 heavy (non-hydrogen) atoms. The second kappa shape index (κ2) is 7.70. The number of thiazole rings is 1. The van der Waals surface area contributed by atoms with E-state index in [1.165, 1.54) is 17.6 Å². The first kappa shape index (κ1) is 20.3. The second-order valence-electron chi connectivity index (χ2n) is 7.75. The third-order valence-electron chi connectivity index (χ3n) is 6.08. The fraction of sp³-hybridized carbons (Fsp3) is 0.500. The van der Waals surface area contributed by atoms with Gasteiger partial charge < -0.3 is 9.64 Å². The lowest BCUT2D eigenvalue weighted by atomic mass is 9.82. The number of hydrogen-bond donors (Lipinski definition) is 0. The van der Waals surface area contributed by atoms with E-state index in [1.807, 2.05) is 36.1 Å². The maximum Gasteiger partial charge on any atom is 0.265 e. The Morgan fingerprint density at radius 3 is 2.55 bits per heavy atom. The van der Waals surface area contributed by atoms with E-state index in [0.717, 1.165) is 17.0 Å².